The highest BCUT2D eigenvalue weighted by atomic mass is 79.9. The molecule has 1 aliphatic rings. The minimum Gasteiger partial charge on any atom is -0.324 e. The van der Waals surface area contributed by atoms with Crippen LogP contribution in [0.25, 0.3) is 0 Å². The van der Waals surface area contributed by atoms with Gasteiger partial charge in [-0.05, 0) is 18.2 Å². The van der Waals surface area contributed by atoms with Gasteiger partial charge in [-0.3, -0.25) is 4.79 Å². The van der Waals surface area contributed by atoms with E-state index in [-0.39, 0.29) is 5.91 Å². The fourth-order valence-electron chi connectivity index (χ4n) is 1.21. The number of thioether (sulfide) groups is 1. The van der Waals surface area contributed by atoms with Crippen molar-refractivity contribution in [3.8, 4) is 0 Å². The maximum Gasteiger partial charge on any atom is 0.242 e. The van der Waals surface area contributed by atoms with Gasteiger partial charge in [0.15, 0.2) is 0 Å². The van der Waals surface area contributed by atoms with Gasteiger partial charge >= 0.3 is 0 Å². The quantitative estimate of drug-likeness (QED) is 0.758. The zero-order valence-corrected chi connectivity index (χ0v) is 9.69. The van der Waals surface area contributed by atoms with E-state index in [4.69, 9.17) is 5.73 Å². The predicted molar refractivity (Wildman–Crippen MR) is 61.5 cm³/mol. The summed E-state index contributed by atoms with van der Waals surface area (Å²) in [6.07, 6.45) is 0. The van der Waals surface area contributed by atoms with Crippen molar-refractivity contribution in [3.05, 3.63) is 22.7 Å². The smallest absolute Gasteiger partial charge is 0.242 e. The summed E-state index contributed by atoms with van der Waals surface area (Å²) in [5, 5.41) is 2.80. The molecule has 1 amide bonds. The average molecular weight is 273 g/mol. The SMILES string of the molecule is N[C@H]1CSc2ccc(Br)cc2NC1=O. The molecule has 1 heterocycles. The van der Waals surface area contributed by atoms with Crippen molar-refractivity contribution in [2.45, 2.75) is 10.9 Å². The van der Waals surface area contributed by atoms with E-state index in [2.05, 4.69) is 21.2 Å². The standard InChI is InChI=1S/C9H9BrN2OS/c10-5-1-2-8-7(3-5)12-9(13)6(11)4-14-8/h1-3,6H,4,11H2,(H,12,13)/t6-/m0/s1. The van der Waals surface area contributed by atoms with Crippen LogP contribution in [0, 0.1) is 0 Å². The normalized spacial score (nSPS) is 21.0. The van der Waals surface area contributed by atoms with Crippen LogP contribution in [0.15, 0.2) is 27.6 Å². The summed E-state index contributed by atoms with van der Waals surface area (Å²) >= 11 is 4.96. The van der Waals surface area contributed by atoms with E-state index in [1.165, 1.54) is 0 Å². The van der Waals surface area contributed by atoms with Crippen molar-refractivity contribution in [2.24, 2.45) is 5.73 Å². The number of anilines is 1. The molecule has 0 bridgehead atoms. The number of rotatable bonds is 0. The van der Waals surface area contributed by atoms with Crippen molar-refractivity contribution >= 4 is 39.3 Å². The topological polar surface area (TPSA) is 55.1 Å². The Balaban J connectivity index is 2.38. The Morgan fingerprint density at radius 3 is 3.14 bits per heavy atom. The van der Waals surface area contributed by atoms with E-state index >= 15 is 0 Å². The second-order valence-electron chi connectivity index (χ2n) is 3.05. The molecule has 0 aliphatic carbocycles. The first-order valence-electron chi connectivity index (χ1n) is 4.15. The number of amides is 1. The van der Waals surface area contributed by atoms with Gasteiger partial charge in [0.2, 0.25) is 5.91 Å². The molecule has 1 aromatic carbocycles. The maximum absolute atomic E-state index is 11.4. The molecule has 0 spiro atoms. The number of carbonyl (C=O) groups is 1. The third kappa shape index (κ3) is 1.94. The summed E-state index contributed by atoms with van der Waals surface area (Å²) in [4.78, 5) is 12.5. The van der Waals surface area contributed by atoms with Crippen LogP contribution in [0.5, 0.6) is 0 Å². The average Bonchev–Trinajstić information content (AvgIpc) is 2.27. The van der Waals surface area contributed by atoms with E-state index in [1.54, 1.807) is 11.8 Å². The molecule has 1 aromatic rings. The third-order valence-corrected chi connectivity index (χ3v) is 3.64. The zero-order chi connectivity index (χ0) is 10.1. The van der Waals surface area contributed by atoms with Crippen molar-refractivity contribution in [3.63, 3.8) is 0 Å². The van der Waals surface area contributed by atoms with E-state index < -0.39 is 6.04 Å². The minimum absolute atomic E-state index is 0.116. The molecule has 0 unspecified atom stereocenters. The summed E-state index contributed by atoms with van der Waals surface area (Å²) in [7, 11) is 0. The van der Waals surface area contributed by atoms with Crippen LogP contribution >= 0.6 is 27.7 Å². The fraction of sp³-hybridized carbons (Fsp3) is 0.222. The highest BCUT2D eigenvalue weighted by molar-refractivity contribution is 9.10. The lowest BCUT2D eigenvalue weighted by Gasteiger charge is -2.06. The van der Waals surface area contributed by atoms with Crippen LogP contribution in [-0.2, 0) is 4.79 Å². The number of nitrogens with one attached hydrogen (secondary N) is 1. The lowest BCUT2D eigenvalue weighted by molar-refractivity contribution is -0.116. The van der Waals surface area contributed by atoms with Crippen molar-refractivity contribution in [2.75, 3.05) is 11.1 Å². The number of nitrogens with two attached hydrogens (primary N) is 1. The summed E-state index contributed by atoms with van der Waals surface area (Å²) in [5.74, 6) is 0.509. The second-order valence-corrected chi connectivity index (χ2v) is 5.02. The minimum atomic E-state index is -0.425. The summed E-state index contributed by atoms with van der Waals surface area (Å²) < 4.78 is 0.952. The molecule has 0 radical (unpaired) electrons. The van der Waals surface area contributed by atoms with Gasteiger partial charge in [0.05, 0.1) is 11.7 Å². The molecular formula is C9H9BrN2OS. The highest BCUT2D eigenvalue weighted by Gasteiger charge is 2.20. The summed E-state index contributed by atoms with van der Waals surface area (Å²) in [6, 6.07) is 5.39. The van der Waals surface area contributed by atoms with E-state index in [0.29, 0.717) is 5.75 Å². The molecule has 0 aromatic heterocycles. The van der Waals surface area contributed by atoms with Gasteiger partial charge in [-0.1, -0.05) is 15.9 Å². The molecule has 3 N–H and O–H groups in total. The summed E-state index contributed by atoms with van der Waals surface area (Å²) in [5.41, 5.74) is 6.49. The molecule has 74 valence electrons. The molecule has 1 aliphatic heterocycles. The molecule has 14 heavy (non-hydrogen) atoms. The number of carbonyl (C=O) groups excluding carboxylic acids is 1. The van der Waals surface area contributed by atoms with Crippen molar-refractivity contribution in [1.29, 1.82) is 0 Å². The highest BCUT2D eigenvalue weighted by Crippen LogP contribution is 2.32. The Morgan fingerprint density at radius 2 is 2.36 bits per heavy atom. The van der Waals surface area contributed by atoms with Crippen LogP contribution in [-0.4, -0.2) is 17.7 Å². The van der Waals surface area contributed by atoms with Crippen molar-refractivity contribution in [1.82, 2.24) is 0 Å². The van der Waals surface area contributed by atoms with Crippen LogP contribution in [0.3, 0.4) is 0 Å². The number of halogens is 1. The summed E-state index contributed by atoms with van der Waals surface area (Å²) in [6.45, 7) is 0. The fourth-order valence-corrected chi connectivity index (χ4v) is 2.51. The molecular weight excluding hydrogens is 264 g/mol. The largest absolute Gasteiger partial charge is 0.324 e. The number of hydrogen-bond acceptors (Lipinski definition) is 3. The van der Waals surface area contributed by atoms with E-state index in [1.807, 2.05) is 18.2 Å². The monoisotopic (exact) mass is 272 g/mol. The Morgan fingerprint density at radius 1 is 1.57 bits per heavy atom. The van der Waals surface area contributed by atoms with Crippen LogP contribution in [0.4, 0.5) is 5.69 Å². The maximum atomic E-state index is 11.4. The van der Waals surface area contributed by atoms with Gasteiger partial charge in [-0.25, -0.2) is 0 Å². The molecule has 3 nitrogen and oxygen atoms in total. The lowest BCUT2D eigenvalue weighted by Crippen LogP contribution is -2.36. The zero-order valence-electron chi connectivity index (χ0n) is 7.29. The van der Waals surface area contributed by atoms with Gasteiger partial charge in [-0.15, -0.1) is 11.8 Å². The van der Waals surface area contributed by atoms with Crippen LogP contribution in [0.1, 0.15) is 0 Å². The second kappa shape index (κ2) is 3.92. The number of hydrogen-bond donors (Lipinski definition) is 2. The number of fused-ring (bicyclic) bond motifs is 1. The lowest BCUT2D eigenvalue weighted by atomic mass is 10.3. The molecule has 2 rings (SSSR count). The number of benzene rings is 1. The molecule has 0 saturated carbocycles. The Labute approximate surface area is 94.6 Å². The van der Waals surface area contributed by atoms with E-state index in [0.717, 1.165) is 15.1 Å². The Hall–Kier alpha value is -0.520. The van der Waals surface area contributed by atoms with Gasteiger partial charge in [0.25, 0.3) is 0 Å². The molecule has 5 heteroatoms. The van der Waals surface area contributed by atoms with Crippen LogP contribution in [0.2, 0.25) is 0 Å². The molecule has 0 fully saturated rings. The molecule has 0 saturated heterocycles. The van der Waals surface area contributed by atoms with Crippen molar-refractivity contribution < 1.29 is 4.79 Å². The van der Waals surface area contributed by atoms with Gasteiger partial charge < -0.3 is 11.1 Å². The Bertz CT molecular complexity index is 383. The Kier molecular flexibility index (Phi) is 2.80. The predicted octanol–water partition coefficient (Wildman–Crippen LogP) is 1.82. The van der Waals surface area contributed by atoms with Gasteiger partial charge in [-0.2, -0.15) is 0 Å². The first-order valence-corrected chi connectivity index (χ1v) is 5.93. The van der Waals surface area contributed by atoms with Gasteiger partial charge in [0.1, 0.15) is 0 Å². The third-order valence-electron chi connectivity index (χ3n) is 1.95. The molecule has 1 atom stereocenters. The van der Waals surface area contributed by atoms with Gasteiger partial charge in [0, 0.05) is 15.1 Å². The van der Waals surface area contributed by atoms with E-state index in [9.17, 15) is 4.79 Å². The first kappa shape index (κ1) is 10.0. The first-order chi connectivity index (χ1) is 6.66. The van der Waals surface area contributed by atoms with Crippen LogP contribution < -0.4 is 11.1 Å².